The van der Waals surface area contributed by atoms with Gasteiger partial charge in [0.1, 0.15) is 0 Å². The highest BCUT2D eigenvalue weighted by atomic mass is 35.7. The summed E-state index contributed by atoms with van der Waals surface area (Å²) >= 11 is 0.710. The molecule has 2 aromatic heterocycles. The molecule has 0 atom stereocenters. The van der Waals surface area contributed by atoms with Gasteiger partial charge >= 0.3 is 0 Å². The average molecular weight is 504 g/mol. The summed E-state index contributed by atoms with van der Waals surface area (Å²) < 4.78 is 58.0. The van der Waals surface area contributed by atoms with Crippen LogP contribution < -0.4 is 33.7 Å². The van der Waals surface area contributed by atoms with Crippen molar-refractivity contribution in [2.75, 3.05) is 5.32 Å². The van der Waals surface area contributed by atoms with E-state index in [-0.39, 0.29) is 21.9 Å². The van der Waals surface area contributed by atoms with Gasteiger partial charge in [-0.1, -0.05) is 41.7 Å². The molecular formula is C17H18ClN5O7S2. The molecule has 3 aromatic rings. The zero-order chi connectivity index (χ0) is 24.1. The first-order valence-corrected chi connectivity index (χ1v) is 12.2. The molecule has 1 aromatic carbocycles. The topological polar surface area (TPSA) is 211 Å². The van der Waals surface area contributed by atoms with Gasteiger partial charge in [-0.05, 0) is 11.1 Å². The van der Waals surface area contributed by atoms with Crippen LogP contribution in [0.2, 0.25) is 0 Å². The molecule has 15 heteroatoms. The molecule has 0 spiro atoms. The fourth-order valence-electron chi connectivity index (χ4n) is 2.65. The number of nitrogens with two attached hydrogens (primary N) is 1. The number of nitrogens with zero attached hydrogens (tertiary/aromatic N) is 3. The smallest absolute Gasteiger partial charge is 0.292 e. The maximum absolute atomic E-state index is 12.3. The Morgan fingerprint density at radius 2 is 1.59 bits per heavy atom. The number of anilines is 1. The molecule has 0 saturated carbocycles. The molecule has 32 heavy (non-hydrogen) atoms. The second kappa shape index (κ2) is 10.4. The minimum atomic E-state index is -4.94. The number of primary sulfonamides is 1. The van der Waals surface area contributed by atoms with Crippen LogP contribution >= 0.6 is 11.3 Å². The predicted octanol–water partition coefficient (Wildman–Crippen LogP) is -3.36. The number of hydrogen-bond donors (Lipinski definition) is 2. The van der Waals surface area contributed by atoms with Crippen molar-refractivity contribution in [1.29, 1.82) is 0 Å². The van der Waals surface area contributed by atoms with Crippen molar-refractivity contribution in [3.8, 4) is 11.1 Å². The van der Waals surface area contributed by atoms with Gasteiger partial charge in [-0.2, -0.15) is 4.57 Å². The molecular weight excluding hydrogens is 486 g/mol. The molecule has 0 aliphatic heterocycles. The molecule has 2 heterocycles. The Morgan fingerprint density at radius 3 is 2.06 bits per heavy atom. The van der Waals surface area contributed by atoms with E-state index in [2.05, 4.69) is 15.5 Å². The average Bonchev–Trinajstić information content (AvgIpc) is 3.13. The Morgan fingerprint density at radius 1 is 1.06 bits per heavy atom. The predicted molar refractivity (Wildman–Crippen MR) is 101 cm³/mol. The van der Waals surface area contributed by atoms with Crippen molar-refractivity contribution in [2.24, 2.45) is 5.14 Å². The van der Waals surface area contributed by atoms with Crippen LogP contribution in [0.5, 0.6) is 0 Å². The van der Waals surface area contributed by atoms with Crippen LogP contribution in [0.15, 0.2) is 46.8 Å². The summed E-state index contributed by atoms with van der Waals surface area (Å²) in [6.45, 7) is 3.92. The number of aromatic nitrogens is 3. The molecule has 12 nitrogen and oxygen atoms in total. The Bertz CT molecular complexity index is 1170. The van der Waals surface area contributed by atoms with E-state index < -0.39 is 20.3 Å². The summed E-state index contributed by atoms with van der Waals surface area (Å²) in [5.74, 6) is -0.337. The highest BCUT2D eigenvalue weighted by molar-refractivity contribution is 7.91. The number of nitrogens with one attached hydrogen (secondary N) is 1. The fourth-order valence-corrected chi connectivity index (χ4v) is 4.00. The number of pyridine rings is 1. The first kappa shape index (κ1) is 25.7. The van der Waals surface area contributed by atoms with Crippen LogP contribution in [-0.2, 0) is 21.4 Å². The monoisotopic (exact) mass is 503 g/mol. The fraction of sp³-hybridized carbons (Fsp3) is 0.176. The van der Waals surface area contributed by atoms with E-state index >= 15 is 0 Å². The minimum absolute atomic E-state index is 0.0665. The van der Waals surface area contributed by atoms with Crippen LogP contribution in [0.1, 0.15) is 11.4 Å². The molecule has 0 unspecified atom stereocenters. The number of hydrogen-bond acceptors (Lipinski definition) is 10. The third-order valence-electron chi connectivity index (χ3n) is 3.89. The molecule has 0 saturated heterocycles. The molecule has 0 radical (unpaired) electrons. The Labute approximate surface area is 189 Å². The van der Waals surface area contributed by atoms with E-state index in [1.54, 1.807) is 0 Å². The lowest BCUT2D eigenvalue weighted by Crippen LogP contribution is -2.68. The highest BCUT2D eigenvalue weighted by Crippen LogP contribution is 2.20. The zero-order valence-corrected chi connectivity index (χ0v) is 19.1. The van der Waals surface area contributed by atoms with E-state index in [0.29, 0.717) is 11.3 Å². The van der Waals surface area contributed by atoms with Gasteiger partial charge in [0.15, 0.2) is 11.4 Å². The second-order valence-electron chi connectivity index (χ2n) is 6.32. The number of carbonyl (C=O) groups excluding carboxylic acids is 1. The van der Waals surface area contributed by atoms with E-state index in [9.17, 15) is 13.2 Å². The largest absolute Gasteiger partial charge is 0.295 e. The molecule has 3 rings (SSSR count). The van der Waals surface area contributed by atoms with Crippen molar-refractivity contribution in [3.63, 3.8) is 0 Å². The van der Waals surface area contributed by atoms with Gasteiger partial charge in [-0.15, -0.1) is 20.4 Å². The first-order chi connectivity index (χ1) is 14.7. The summed E-state index contributed by atoms with van der Waals surface area (Å²) in [4.78, 5) is 12.3. The van der Waals surface area contributed by atoms with Gasteiger partial charge in [0.2, 0.25) is 16.0 Å². The second-order valence-corrected chi connectivity index (χ2v) is 9.79. The maximum Gasteiger partial charge on any atom is 0.292 e. The van der Waals surface area contributed by atoms with E-state index in [0.717, 1.165) is 22.5 Å². The Balaban J connectivity index is 0.000000654. The quantitative estimate of drug-likeness (QED) is 0.262. The van der Waals surface area contributed by atoms with Gasteiger partial charge in [-0.3, -0.25) is 10.1 Å². The van der Waals surface area contributed by atoms with Crippen LogP contribution in [0, 0.1) is 24.1 Å². The van der Waals surface area contributed by atoms with E-state index in [1.165, 1.54) is 0 Å². The summed E-state index contributed by atoms with van der Waals surface area (Å²) in [5, 5.41) is 14.7. The van der Waals surface area contributed by atoms with Crippen LogP contribution in [0.25, 0.3) is 11.1 Å². The summed E-state index contributed by atoms with van der Waals surface area (Å²) in [6.07, 6.45) is 0. The van der Waals surface area contributed by atoms with Crippen molar-refractivity contribution < 1.29 is 46.7 Å². The molecule has 0 aliphatic carbocycles. The SMILES string of the molecule is Cc1cc(-c2ccccc2)cc(C)[n+]1CC(=O)Nc1nnc(S(N)(=O)=O)s1.[O-][Cl+3]([O-])([O-])[O-]. The van der Waals surface area contributed by atoms with Gasteiger partial charge < -0.3 is 0 Å². The third-order valence-corrected chi connectivity index (χ3v) is 6.03. The number of benzene rings is 1. The zero-order valence-electron chi connectivity index (χ0n) is 16.7. The van der Waals surface area contributed by atoms with E-state index in [4.69, 9.17) is 23.8 Å². The lowest BCUT2D eigenvalue weighted by atomic mass is 10.0. The molecule has 172 valence electrons. The number of halogens is 1. The number of amides is 1. The van der Waals surface area contributed by atoms with Crippen molar-refractivity contribution in [1.82, 2.24) is 10.2 Å². The maximum atomic E-state index is 12.3. The van der Waals surface area contributed by atoms with Crippen LogP contribution in [0.3, 0.4) is 0 Å². The van der Waals surface area contributed by atoms with Crippen molar-refractivity contribution >= 4 is 32.4 Å². The van der Waals surface area contributed by atoms with Crippen LogP contribution in [-0.4, -0.2) is 24.5 Å². The molecule has 0 aliphatic rings. The normalized spacial score (nSPS) is 11.5. The van der Waals surface area contributed by atoms with Crippen molar-refractivity contribution in [2.45, 2.75) is 24.7 Å². The van der Waals surface area contributed by atoms with E-state index in [1.807, 2.05) is 60.9 Å². The molecule has 0 bridgehead atoms. The number of sulfonamides is 1. The molecule has 1 amide bonds. The summed E-state index contributed by atoms with van der Waals surface area (Å²) in [6, 6.07) is 14.0. The Hall–Kier alpha value is -2.56. The minimum Gasteiger partial charge on any atom is -0.295 e. The first-order valence-electron chi connectivity index (χ1n) is 8.58. The summed E-state index contributed by atoms with van der Waals surface area (Å²) in [7, 11) is -8.88. The summed E-state index contributed by atoms with van der Waals surface area (Å²) in [5.41, 5.74) is 4.02. The Kier molecular flexibility index (Phi) is 8.33. The number of rotatable bonds is 5. The molecule has 3 N–H and O–H groups in total. The lowest BCUT2D eigenvalue weighted by Gasteiger charge is -2.17. The van der Waals surface area contributed by atoms with Gasteiger partial charge in [0.25, 0.3) is 15.9 Å². The number of carbonyl (C=O) groups is 1. The van der Waals surface area contributed by atoms with Gasteiger partial charge in [0.05, 0.1) is 0 Å². The van der Waals surface area contributed by atoms with Gasteiger partial charge in [-0.25, -0.2) is 32.2 Å². The standard InChI is InChI=1S/C17H17N5O3S2.ClHO4/c1-11-8-14(13-6-4-3-5-7-13)9-12(2)22(11)10-15(23)19-16-20-21-17(26-16)27(18,24)25;2-1(3,4)5/h3-9H,10H2,1-2H3,(H2-,18,19,20,23,24,25);(H,2,3,4,5). The van der Waals surface area contributed by atoms with Crippen molar-refractivity contribution in [3.05, 3.63) is 53.9 Å². The number of aryl methyl sites for hydroxylation is 2. The molecule has 0 fully saturated rings. The third kappa shape index (κ3) is 8.18. The van der Waals surface area contributed by atoms with Crippen LogP contribution in [0.4, 0.5) is 5.13 Å². The highest BCUT2D eigenvalue weighted by Gasteiger charge is 2.20. The lowest BCUT2D eigenvalue weighted by molar-refractivity contribution is -2.00. The van der Waals surface area contributed by atoms with Gasteiger partial charge in [0, 0.05) is 26.0 Å².